The van der Waals surface area contributed by atoms with Crippen LogP contribution in [0.3, 0.4) is 0 Å². The fourth-order valence-electron chi connectivity index (χ4n) is 3.58. The van der Waals surface area contributed by atoms with Crippen LogP contribution in [0, 0.1) is 0 Å². The Hall–Kier alpha value is -2.98. The molecule has 1 aromatic heterocycles. The number of hydrogen-bond donors (Lipinski definition) is 1. The summed E-state index contributed by atoms with van der Waals surface area (Å²) in [4.78, 5) is 29.7. The summed E-state index contributed by atoms with van der Waals surface area (Å²) in [7, 11) is 0. The van der Waals surface area contributed by atoms with Crippen LogP contribution >= 0.6 is 11.6 Å². The smallest absolute Gasteiger partial charge is 0.252 e. The van der Waals surface area contributed by atoms with Crippen molar-refractivity contribution in [2.75, 3.05) is 0 Å². The molecule has 0 saturated heterocycles. The summed E-state index contributed by atoms with van der Waals surface area (Å²) in [5.74, 6) is -0.278. The fourth-order valence-corrected chi connectivity index (χ4v) is 3.75. The molecule has 0 fully saturated rings. The van der Waals surface area contributed by atoms with Crippen molar-refractivity contribution in [2.24, 2.45) is 0 Å². The number of amides is 1. The van der Waals surface area contributed by atoms with Gasteiger partial charge in [0, 0.05) is 35.8 Å². The second-order valence-corrected chi connectivity index (χ2v) is 7.73. The average molecular weight is 391 g/mol. The molecule has 4 nitrogen and oxygen atoms in total. The Morgan fingerprint density at radius 3 is 2.39 bits per heavy atom. The van der Waals surface area contributed by atoms with E-state index >= 15 is 0 Å². The highest BCUT2D eigenvalue weighted by molar-refractivity contribution is 6.31. The summed E-state index contributed by atoms with van der Waals surface area (Å²) in [6.45, 7) is 1.79. The van der Waals surface area contributed by atoms with Gasteiger partial charge in [-0.05, 0) is 53.4 Å². The number of aromatic nitrogens is 1. The minimum Gasteiger partial charge on any atom is -0.339 e. The van der Waals surface area contributed by atoms with Gasteiger partial charge < -0.3 is 5.32 Å². The minimum absolute atomic E-state index is 0.0138. The molecule has 0 saturated carbocycles. The van der Waals surface area contributed by atoms with Crippen LogP contribution in [0.1, 0.15) is 28.4 Å². The third-order valence-electron chi connectivity index (χ3n) is 5.20. The first-order valence-corrected chi connectivity index (χ1v) is 9.46. The van der Waals surface area contributed by atoms with Crippen molar-refractivity contribution in [3.05, 3.63) is 88.7 Å². The Bertz CT molecular complexity index is 1050. The second kappa shape index (κ2) is 7.21. The summed E-state index contributed by atoms with van der Waals surface area (Å²) in [6.07, 6.45) is 4.15. The number of ketones is 1. The molecule has 2 heterocycles. The third-order valence-corrected chi connectivity index (χ3v) is 5.43. The standard InChI is InChI=1S/C23H19ClN2O2/c1-23(14-15-2-4-16(5-3-15)17-8-10-25-11-9-17)21(27)12-18-6-7-19(24)13-20(18)22(28)26-23/h2-11,13H,12,14H2,1H3,(H,26,28)/t23-/m0/s1. The van der Waals surface area contributed by atoms with E-state index in [-0.39, 0.29) is 18.1 Å². The van der Waals surface area contributed by atoms with Crippen molar-refractivity contribution in [2.45, 2.75) is 25.3 Å². The maximum absolute atomic E-state index is 13.0. The van der Waals surface area contributed by atoms with E-state index in [1.54, 1.807) is 37.5 Å². The first kappa shape index (κ1) is 18.4. The van der Waals surface area contributed by atoms with E-state index in [0.29, 0.717) is 22.6 Å². The molecule has 1 N–H and O–H groups in total. The lowest BCUT2D eigenvalue weighted by Crippen LogP contribution is -2.52. The number of hydrogen-bond acceptors (Lipinski definition) is 3. The van der Waals surface area contributed by atoms with Crippen LogP contribution in [-0.2, 0) is 17.6 Å². The van der Waals surface area contributed by atoms with Crippen LogP contribution < -0.4 is 5.32 Å². The molecule has 0 bridgehead atoms. The van der Waals surface area contributed by atoms with Gasteiger partial charge in [0.15, 0.2) is 5.78 Å². The highest BCUT2D eigenvalue weighted by Crippen LogP contribution is 2.26. The predicted octanol–water partition coefficient (Wildman–Crippen LogP) is 4.26. The first-order chi connectivity index (χ1) is 13.4. The average Bonchev–Trinajstić information content (AvgIpc) is 2.78. The summed E-state index contributed by atoms with van der Waals surface area (Å²) in [6, 6.07) is 17.0. The monoisotopic (exact) mass is 390 g/mol. The van der Waals surface area contributed by atoms with Gasteiger partial charge >= 0.3 is 0 Å². The van der Waals surface area contributed by atoms with Crippen LogP contribution in [0.4, 0.5) is 0 Å². The lowest BCUT2D eigenvalue weighted by Gasteiger charge is -2.28. The Morgan fingerprint density at radius 1 is 1.00 bits per heavy atom. The number of halogens is 1. The van der Waals surface area contributed by atoms with Crippen LogP contribution in [0.2, 0.25) is 5.02 Å². The van der Waals surface area contributed by atoms with Gasteiger partial charge in [-0.25, -0.2) is 0 Å². The van der Waals surface area contributed by atoms with Crippen LogP contribution in [0.25, 0.3) is 11.1 Å². The number of fused-ring (bicyclic) bond motifs is 1. The van der Waals surface area contributed by atoms with Gasteiger partial charge in [-0.1, -0.05) is 41.9 Å². The van der Waals surface area contributed by atoms with Gasteiger partial charge in [0.1, 0.15) is 5.54 Å². The summed E-state index contributed by atoms with van der Waals surface area (Å²) in [5, 5.41) is 3.41. The largest absolute Gasteiger partial charge is 0.339 e. The van der Waals surface area contributed by atoms with E-state index < -0.39 is 5.54 Å². The van der Waals surface area contributed by atoms with Crippen LogP contribution in [0.5, 0.6) is 0 Å². The number of pyridine rings is 1. The van der Waals surface area contributed by atoms with Gasteiger partial charge in [0.25, 0.3) is 5.91 Å². The summed E-state index contributed by atoms with van der Waals surface area (Å²) < 4.78 is 0. The van der Waals surface area contributed by atoms with Gasteiger partial charge in [0.2, 0.25) is 0 Å². The zero-order chi connectivity index (χ0) is 19.7. The first-order valence-electron chi connectivity index (χ1n) is 9.08. The molecule has 1 aliphatic rings. The molecule has 5 heteroatoms. The van der Waals surface area contributed by atoms with E-state index in [1.807, 2.05) is 36.4 Å². The topological polar surface area (TPSA) is 59.1 Å². The molecule has 0 aliphatic carbocycles. The molecule has 0 radical (unpaired) electrons. The molecule has 0 unspecified atom stereocenters. The Morgan fingerprint density at radius 2 is 1.68 bits per heavy atom. The molecule has 1 aliphatic heterocycles. The zero-order valence-corrected chi connectivity index (χ0v) is 16.2. The van der Waals surface area contributed by atoms with E-state index in [2.05, 4.69) is 10.3 Å². The van der Waals surface area contributed by atoms with Crippen molar-refractivity contribution >= 4 is 23.3 Å². The molecular formula is C23H19ClN2O2. The molecule has 2 aromatic carbocycles. The maximum Gasteiger partial charge on any atom is 0.252 e. The van der Waals surface area contributed by atoms with Gasteiger partial charge in [-0.15, -0.1) is 0 Å². The SMILES string of the molecule is C[C@@]1(Cc2ccc(-c3ccncc3)cc2)NC(=O)c2cc(Cl)ccc2CC1=O. The minimum atomic E-state index is -0.971. The van der Waals surface area contributed by atoms with Crippen molar-refractivity contribution in [3.8, 4) is 11.1 Å². The Kier molecular flexibility index (Phi) is 4.73. The van der Waals surface area contributed by atoms with E-state index in [4.69, 9.17) is 11.6 Å². The summed E-state index contributed by atoms with van der Waals surface area (Å²) in [5.41, 5.74) is 3.36. The van der Waals surface area contributed by atoms with Crippen LogP contribution in [-0.4, -0.2) is 22.2 Å². The second-order valence-electron chi connectivity index (χ2n) is 7.30. The highest BCUT2D eigenvalue weighted by atomic mass is 35.5. The zero-order valence-electron chi connectivity index (χ0n) is 15.4. The van der Waals surface area contributed by atoms with Gasteiger partial charge in [-0.3, -0.25) is 14.6 Å². The van der Waals surface area contributed by atoms with Crippen molar-refractivity contribution in [3.63, 3.8) is 0 Å². The number of nitrogens with zero attached hydrogens (tertiary/aromatic N) is 1. The van der Waals surface area contributed by atoms with E-state index in [0.717, 1.165) is 16.7 Å². The molecule has 4 rings (SSSR count). The number of nitrogens with one attached hydrogen (secondary N) is 1. The summed E-state index contributed by atoms with van der Waals surface area (Å²) >= 11 is 6.03. The molecular weight excluding hydrogens is 372 g/mol. The third kappa shape index (κ3) is 3.56. The van der Waals surface area contributed by atoms with E-state index in [9.17, 15) is 9.59 Å². The Balaban J connectivity index is 1.59. The van der Waals surface area contributed by atoms with Crippen LogP contribution in [0.15, 0.2) is 67.0 Å². The number of carbonyl (C=O) groups excluding carboxylic acids is 2. The number of rotatable bonds is 3. The van der Waals surface area contributed by atoms with Crippen molar-refractivity contribution < 1.29 is 9.59 Å². The molecule has 28 heavy (non-hydrogen) atoms. The number of Topliss-reactive ketones (excluding diaryl/α,β-unsaturated/α-hetero) is 1. The van der Waals surface area contributed by atoms with E-state index in [1.165, 1.54) is 0 Å². The molecule has 140 valence electrons. The maximum atomic E-state index is 13.0. The lowest BCUT2D eigenvalue weighted by atomic mass is 9.86. The lowest BCUT2D eigenvalue weighted by molar-refractivity contribution is -0.123. The molecule has 1 amide bonds. The highest BCUT2D eigenvalue weighted by Gasteiger charge is 2.38. The Labute approximate surface area is 168 Å². The van der Waals surface area contributed by atoms with Gasteiger partial charge in [0.05, 0.1) is 0 Å². The fraction of sp³-hybridized carbons (Fsp3) is 0.174. The quantitative estimate of drug-likeness (QED) is 0.727. The number of carbonyl (C=O) groups is 2. The normalized spacial score (nSPS) is 18.9. The molecule has 3 aromatic rings. The number of benzene rings is 2. The molecule has 1 atom stereocenters. The van der Waals surface area contributed by atoms with Crippen molar-refractivity contribution in [1.82, 2.24) is 10.3 Å². The van der Waals surface area contributed by atoms with Gasteiger partial charge in [-0.2, -0.15) is 0 Å². The van der Waals surface area contributed by atoms with Crippen molar-refractivity contribution in [1.29, 1.82) is 0 Å². The predicted molar refractivity (Wildman–Crippen MR) is 109 cm³/mol. The molecule has 0 spiro atoms.